The summed E-state index contributed by atoms with van der Waals surface area (Å²) in [5.74, 6) is 0. The SMILES string of the molecule is CC(CN)NCC(C)N1CCCC1. The van der Waals surface area contributed by atoms with Crippen LogP contribution < -0.4 is 11.1 Å². The third-order valence-electron chi connectivity index (χ3n) is 2.88. The molecule has 1 fully saturated rings. The fourth-order valence-corrected chi connectivity index (χ4v) is 1.77. The molecule has 2 unspecified atom stereocenters. The monoisotopic (exact) mass is 185 g/mol. The standard InChI is InChI=1S/C10H23N3/c1-9(7-11)12-8-10(2)13-5-3-4-6-13/h9-10,12H,3-8,11H2,1-2H3. The third-order valence-corrected chi connectivity index (χ3v) is 2.88. The molecule has 0 radical (unpaired) electrons. The van der Waals surface area contributed by atoms with Crippen molar-refractivity contribution in [3.8, 4) is 0 Å². The molecule has 3 heteroatoms. The zero-order valence-electron chi connectivity index (χ0n) is 8.92. The highest BCUT2D eigenvalue weighted by atomic mass is 15.2. The lowest BCUT2D eigenvalue weighted by Gasteiger charge is -2.25. The molecular weight excluding hydrogens is 162 g/mol. The second kappa shape index (κ2) is 5.58. The Morgan fingerprint density at radius 1 is 1.31 bits per heavy atom. The molecule has 1 aliphatic heterocycles. The number of rotatable bonds is 5. The molecule has 0 aromatic heterocycles. The van der Waals surface area contributed by atoms with Crippen molar-refractivity contribution in [1.29, 1.82) is 0 Å². The maximum atomic E-state index is 5.54. The van der Waals surface area contributed by atoms with Crippen LogP contribution in [0.5, 0.6) is 0 Å². The molecule has 78 valence electrons. The molecule has 0 spiro atoms. The summed E-state index contributed by atoms with van der Waals surface area (Å²) in [6.07, 6.45) is 2.74. The number of nitrogens with one attached hydrogen (secondary N) is 1. The van der Waals surface area contributed by atoms with Crippen molar-refractivity contribution in [2.24, 2.45) is 5.73 Å². The molecular formula is C10H23N3. The van der Waals surface area contributed by atoms with Gasteiger partial charge in [0.25, 0.3) is 0 Å². The molecule has 0 saturated carbocycles. The van der Waals surface area contributed by atoms with E-state index in [1.807, 2.05) is 0 Å². The van der Waals surface area contributed by atoms with E-state index in [1.54, 1.807) is 0 Å². The molecule has 0 bridgehead atoms. The van der Waals surface area contributed by atoms with E-state index in [2.05, 4.69) is 24.1 Å². The van der Waals surface area contributed by atoms with Gasteiger partial charge in [0.1, 0.15) is 0 Å². The lowest BCUT2D eigenvalue weighted by atomic mass is 10.2. The summed E-state index contributed by atoms with van der Waals surface area (Å²) < 4.78 is 0. The molecule has 3 N–H and O–H groups in total. The van der Waals surface area contributed by atoms with Crippen LogP contribution in [0.3, 0.4) is 0 Å². The van der Waals surface area contributed by atoms with Gasteiger partial charge >= 0.3 is 0 Å². The summed E-state index contributed by atoms with van der Waals surface area (Å²) in [6, 6.07) is 1.11. The Morgan fingerprint density at radius 3 is 2.46 bits per heavy atom. The van der Waals surface area contributed by atoms with Crippen LogP contribution in [0.15, 0.2) is 0 Å². The lowest BCUT2D eigenvalue weighted by Crippen LogP contribution is -2.43. The van der Waals surface area contributed by atoms with Crippen molar-refractivity contribution in [3.05, 3.63) is 0 Å². The Bertz CT molecular complexity index is 132. The van der Waals surface area contributed by atoms with Gasteiger partial charge in [-0.3, -0.25) is 4.90 Å². The number of nitrogens with two attached hydrogens (primary N) is 1. The van der Waals surface area contributed by atoms with Gasteiger partial charge in [-0.05, 0) is 39.8 Å². The van der Waals surface area contributed by atoms with Gasteiger partial charge in [0, 0.05) is 25.2 Å². The summed E-state index contributed by atoms with van der Waals surface area (Å²) in [6.45, 7) is 8.78. The van der Waals surface area contributed by atoms with Crippen LogP contribution in [0.1, 0.15) is 26.7 Å². The van der Waals surface area contributed by atoms with Gasteiger partial charge in [-0.15, -0.1) is 0 Å². The molecule has 1 heterocycles. The minimum absolute atomic E-state index is 0.449. The minimum atomic E-state index is 0.449. The Morgan fingerprint density at radius 2 is 1.92 bits per heavy atom. The highest BCUT2D eigenvalue weighted by Crippen LogP contribution is 2.10. The fourth-order valence-electron chi connectivity index (χ4n) is 1.77. The van der Waals surface area contributed by atoms with Crippen molar-refractivity contribution in [2.75, 3.05) is 26.2 Å². The predicted molar refractivity (Wildman–Crippen MR) is 56.8 cm³/mol. The summed E-state index contributed by atoms with van der Waals surface area (Å²) in [5.41, 5.74) is 5.54. The van der Waals surface area contributed by atoms with E-state index in [0.29, 0.717) is 12.1 Å². The highest BCUT2D eigenvalue weighted by molar-refractivity contribution is 4.75. The highest BCUT2D eigenvalue weighted by Gasteiger charge is 2.17. The van der Waals surface area contributed by atoms with Crippen molar-refractivity contribution in [2.45, 2.75) is 38.8 Å². The number of likely N-dealkylation sites (tertiary alicyclic amines) is 1. The van der Waals surface area contributed by atoms with Crippen LogP contribution in [0.2, 0.25) is 0 Å². The van der Waals surface area contributed by atoms with Crippen LogP contribution in [0, 0.1) is 0 Å². The first-order valence-corrected chi connectivity index (χ1v) is 5.41. The van der Waals surface area contributed by atoms with Gasteiger partial charge < -0.3 is 11.1 Å². The molecule has 0 aromatic carbocycles. The van der Waals surface area contributed by atoms with E-state index in [4.69, 9.17) is 5.73 Å². The summed E-state index contributed by atoms with van der Waals surface area (Å²) in [4.78, 5) is 2.55. The average Bonchev–Trinajstić information content (AvgIpc) is 2.66. The number of hydrogen-bond acceptors (Lipinski definition) is 3. The second-order valence-corrected chi connectivity index (χ2v) is 4.14. The second-order valence-electron chi connectivity index (χ2n) is 4.14. The quantitative estimate of drug-likeness (QED) is 0.652. The third kappa shape index (κ3) is 3.63. The molecule has 1 rings (SSSR count). The minimum Gasteiger partial charge on any atom is -0.329 e. The molecule has 0 aromatic rings. The molecule has 1 aliphatic rings. The van der Waals surface area contributed by atoms with Crippen molar-refractivity contribution in [3.63, 3.8) is 0 Å². The molecule has 13 heavy (non-hydrogen) atoms. The Labute approximate surface area is 81.7 Å². The first-order chi connectivity index (χ1) is 6.24. The first-order valence-electron chi connectivity index (χ1n) is 5.41. The van der Waals surface area contributed by atoms with Crippen molar-refractivity contribution in [1.82, 2.24) is 10.2 Å². The van der Waals surface area contributed by atoms with Crippen LogP contribution in [-0.4, -0.2) is 43.2 Å². The van der Waals surface area contributed by atoms with E-state index in [0.717, 1.165) is 13.1 Å². The Hall–Kier alpha value is -0.120. The fraction of sp³-hybridized carbons (Fsp3) is 1.00. The van der Waals surface area contributed by atoms with E-state index in [1.165, 1.54) is 25.9 Å². The Balaban J connectivity index is 2.12. The summed E-state index contributed by atoms with van der Waals surface area (Å²) >= 11 is 0. The van der Waals surface area contributed by atoms with Gasteiger partial charge in [0.05, 0.1) is 0 Å². The van der Waals surface area contributed by atoms with Gasteiger partial charge in [-0.1, -0.05) is 0 Å². The molecule has 3 nitrogen and oxygen atoms in total. The van der Waals surface area contributed by atoms with E-state index < -0.39 is 0 Å². The zero-order chi connectivity index (χ0) is 9.68. The van der Waals surface area contributed by atoms with Gasteiger partial charge in [0.15, 0.2) is 0 Å². The van der Waals surface area contributed by atoms with E-state index in [-0.39, 0.29) is 0 Å². The predicted octanol–water partition coefficient (Wildman–Crippen LogP) is 0.408. The molecule has 1 saturated heterocycles. The maximum Gasteiger partial charge on any atom is 0.0192 e. The number of hydrogen-bond donors (Lipinski definition) is 2. The van der Waals surface area contributed by atoms with E-state index >= 15 is 0 Å². The van der Waals surface area contributed by atoms with Crippen LogP contribution >= 0.6 is 0 Å². The Kier molecular flexibility index (Phi) is 4.70. The van der Waals surface area contributed by atoms with Crippen LogP contribution in [0.4, 0.5) is 0 Å². The summed E-state index contributed by atoms with van der Waals surface area (Å²) in [5, 5.41) is 3.44. The zero-order valence-corrected chi connectivity index (χ0v) is 8.92. The van der Waals surface area contributed by atoms with Crippen molar-refractivity contribution < 1.29 is 0 Å². The first kappa shape index (κ1) is 11.0. The van der Waals surface area contributed by atoms with Crippen molar-refractivity contribution >= 4 is 0 Å². The molecule has 0 amide bonds. The van der Waals surface area contributed by atoms with Crippen LogP contribution in [0.25, 0.3) is 0 Å². The average molecular weight is 185 g/mol. The summed E-state index contributed by atoms with van der Waals surface area (Å²) in [7, 11) is 0. The van der Waals surface area contributed by atoms with E-state index in [9.17, 15) is 0 Å². The topological polar surface area (TPSA) is 41.3 Å². The maximum absolute atomic E-state index is 5.54. The molecule has 0 aliphatic carbocycles. The van der Waals surface area contributed by atoms with Gasteiger partial charge in [-0.2, -0.15) is 0 Å². The number of nitrogens with zero attached hydrogens (tertiary/aromatic N) is 1. The largest absolute Gasteiger partial charge is 0.329 e. The smallest absolute Gasteiger partial charge is 0.0192 e. The van der Waals surface area contributed by atoms with Gasteiger partial charge in [-0.25, -0.2) is 0 Å². The molecule has 2 atom stereocenters. The normalized spacial score (nSPS) is 23.3. The lowest BCUT2D eigenvalue weighted by molar-refractivity contribution is 0.247. The van der Waals surface area contributed by atoms with Gasteiger partial charge in [0.2, 0.25) is 0 Å². The van der Waals surface area contributed by atoms with Crippen LogP contribution in [-0.2, 0) is 0 Å².